The first-order valence-electron chi connectivity index (χ1n) is 14.0. The molecular formula is C31H34N2O7. The SMILES string of the molecule is CCCCOC(=O)c1ccc(NC(=O)COC(=O)[C@H](Cc2ccccc2)N2C(=O)[C@H]3[C@H]4CC[C@@H](C4)[C@@H]3C2=O)cc1. The highest BCUT2D eigenvalue weighted by Crippen LogP contribution is 2.56. The molecule has 1 aliphatic heterocycles. The number of ether oxygens (including phenoxy) is 2. The largest absolute Gasteiger partial charge is 0.462 e. The Morgan fingerprint density at radius 1 is 0.925 bits per heavy atom. The molecule has 3 aliphatic rings. The maximum Gasteiger partial charge on any atom is 0.338 e. The van der Waals surface area contributed by atoms with E-state index in [9.17, 15) is 24.0 Å². The minimum Gasteiger partial charge on any atom is -0.462 e. The lowest BCUT2D eigenvalue weighted by Crippen LogP contribution is -2.48. The molecule has 0 unspecified atom stereocenters. The number of unbranched alkanes of at least 4 members (excludes halogenated alkanes) is 1. The van der Waals surface area contributed by atoms with Crippen molar-refractivity contribution >= 4 is 35.3 Å². The van der Waals surface area contributed by atoms with Crippen molar-refractivity contribution in [3.05, 3.63) is 65.7 Å². The van der Waals surface area contributed by atoms with Crippen molar-refractivity contribution in [2.75, 3.05) is 18.5 Å². The van der Waals surface area contributed by atoms with E-state index in [-0.39, 0.29) is 41.9 Å². The molecule has 210 valence electrons. The summed E-state index contributed by atoms with van der Waals surface area (Å²) in [6.45, 7) is 1.77. The predicted molar refractivity (Wildman–Crippen MR) is 145 cm³/mol. The van der Waals surface area contributed by atoms with Crippen LogP contribution in [-0.2, 0) is 35.1 Å². The Labute approximate surface area is 233 Å². The van der Waals surface area contributed by atoms with Crippen molar-refractivity contribution in [1.82, 2.24) is 4.90 Å². The molecule has 5 atom stereocenters. The van der Waals surface area contributed by atoms with Crippen LogP contribution in [-0.4, -0.2) is 53.8 Å². The number of likely N-dealkylation sites (tertiary alicyclic amines) is 1. The Bertz CT molecular complexity index is 1250. The summed E-state index contributed by atoms with van der Waals surface area (Å²) >= 11 is 0. The molecule has 9 nitrogen and oxygen atoms in total. The van der Waals surface area contributed by atoms with E-state index in [0.717, 1.165) is 42.6 Å². The van der Waals surface area contributed by atoms with Crippen LogP contribution in [0.3, 0.4) is 0 Å². The summed E-state index contributed by atoms with van der Waals surface area (Å²) in [4.78, 5) is 65.9. The lowest BCUT2D eigenvalue weighted by molar-refractivity contribution is -0.160. The summed E-state index contributed by atoms with van der Waals surface area (Å²) in [7, 11) is 0. The van der Waals surface area contributed by atoms with Crippen LogP contribution in [0.1, 0.15) is 54.9 Å². The van der Waals surface area contributed by atoms with Crippen LogP contribution in [0.4, 0.5) is 5.69 Å². The van der Waals surface area contributed by atoms with Gasteiger partial charge in [-0.05, 0) is 67.3 Å². The van der Waals surface area contributed by atoms with Crippen LogP contribution in [0.5, 0.6) is 0 Å². The first-order chi connectivity index (χ1) is 19.4. The van der Waals surface area contributed by atoms with Crippen LogP contribution >= 0.6 is 0 Å². The third-order valence-electron chi connectivity index (χ3n) is 8.30. The zero-order valence-electron chi connectivity index (χ0n) is 22.5. The lowest BCUT2D eigenvalue weighted by atomic mass is 9.81. The summed E-state index contributed by atoms with van der Waals surface area (Å²) in [5, 5.41) is 2.63. The summed E-state index contributed by atoms with van der Waals surface area (Å²) in [6, 6.07) is 14.2. The first kappa shape index (κ1) is 27.6. The number of rotatable bonds is 11. The predicted octanol–water partition coefficient (Wildman–Crippen LogP) is 3.77. The van der Waals surface area contributed by atoms with Gasteiger partial charge in [0.2, 0.25) is 11.8 Å². The maximum atomic E-state index is 13.4. The highest BCUT2D eigenvalue weighted by Gasteiger charge is 2.62. The van der Waals surface area contributed by atoms with Gasteiger partial charge < -0.3 is 14.8 Å². The normalized spacial score (nSPS) is 23.6. The molecule has 3 amide bonds. The second kappa shape index (κ2) is 12.0. The van der Waals surface area contributed by atoms with Crippen LogP contribution in [0.2, 0.25) is 0 Å². The average Bonchev–Trinajstić information content (AvgIpc) is 3.65. The average molecular weight is 547 g/mol. The molecule has 0 radical (unpaired) electrons. The molecular weight excluding hydrogens is 512 g/mol. The lowest BCUT2D eigenvalue weighted by Gasteiger charge is -2.26. The van der Waals surface area contributed by atoms with Gasteiger partial charge >= 0.3 is 11.9 Å². The van der Waals surface area contributed by atoms with E-state index in [1.54, 1.807) is 24.3 Å². The summed E-state index contributed by atoms with van der Waals surface area (Å²) in [5.74, 6) is -2.72. The van der Waals surface area contributed by atoms with Gasteiger partial charge in [-0.3, -0.25) is 19.3 Å². The van der Waals surface area contributed by atoms with Crippen LogP contribution < -0.4 is 5.32 Å². The summed E-state index contributed by atoms with van der Waals surface area (Å²) in [6.07, 6.45) is 4.59. The van der Waals surface area contributed by atoms with Crippen LogP contribution in [0.25, 0.3) is 0 Å². The number of imide groups is 1. The maximum absolute atomic E-state index is 13.4. The molecule has 3 fully saturated rings. The van der Waals surface area contributed by atoms with E-state index in [1.165, 1.54) is 0 Å². The topological polar surface area (TPSA) is 119 Å². The number of amides is 3. The van der Waals surface area contributed by atoms with Gasteiger partial charge in [0, 0.05) is 12.1 Å². The number of fused-ring (bicyclic) bond motifs is 5. The summed E-state index contributed by atoms with van der Waals surface area (Å²) in [5.41, 5.74) is 1.56. The number of benzene rings is 2. The van der Waals surface area contributed by atoms with Crippen molar-refractivity contribution in [2.24, 2.45) is 23.7 Å². The molecule has 2 aliphatic carbocycles. The fraction of sp³-hybridized carbons (Fsp3) is 0.452. The number of hydrogen-bond donors (Lipinski definition) is 1. The third-order valence-corrected chi connectivity index (χ3v) is 8.30. The van der Waals surface area contributed by atoms with Gasteiger partial charge in [0.15, 0.2) is 6.61 Å². The van der Waals surface area contributed by atoms with Gasteiger partial charge in [-0.1, -0.05) is 43.7 Å². The van der Waals surface area contributed by atoms with E-state index < -0.39 is 30.5 Å². The standard InChI is InChI=1S/C31H34N2O7/c1-2-3-15-39-30(37)20-11-13-23(14-12-20)32-25(34)18-40-31(38)24(16-19-7-5-4-6-8-19)33-28(35)26-21-9-10-22(17-21)27(26)29(33)36/h4-8,11-14,21-22,24,26-27H,2-3,9-10,15-18H2,1H3,(H,32,34)/t21-,22-,24-,26-,27-/m0/s1. The molecule has 1 N–H and O–H groups in total. The van der Waals surface area contributed by atoms with Crippen molar-refractivity contribution < 1.29 is 33.4 Å². The van der Waals surface area contributed by atoms with Crippen molar-refractivity contribution in [3.63, 3.8) is 0 Å². The number of anilines is 1. The number of hydrogen-bond acceptors (Lipinski definition) is 7. The Kier molecular flexibility index (Phi) is 8.28. The zero-order valence-corrected chi connectivity index (χ0v) is 22.5. The number of carbonyl (C=O) groups is 5. The number of esters is 2. The van der Waals surface area contributed by atoms with E-state index in [4.69, 9.17) is 9.47 Å². The van der Waals surface area contributed by atoms with Crippen LogP contribution in [0, 0.1) is 23.7 Å². The second-order valence-corrected chi connectivity index (χ2v) is 10.9. The van der Waals surface area contributed by atoms with Crippen molar-refractivity contribution in [3.8, 4) is 0 Å². The molecule has 2 saturated carbocycles. The fourth-order valence-corrected chi connectivity index (χ4v) is 6.37. The number of carbonyl (C=O) groups excluding carboxylic acids is 5. The minimum atomic E-state index is -1.14. The third kappa shape index (κ3) is 5.64. The Balaban J connectivity index is 1.22. The van der Waals surface area contributed by atoms with E-state index in [1.807, 2.05) is 37.3 Å². The molecule has 2 bridgehead atoms. The van der Waals surface area contributed by atoms with Gasteiger partial charge in [0.05, 0.1) is 24.0 Å². The first-order valence-corrected chi connectivity index (χ1v) is 14.0. The monoisotopic (exact) mass is 546 g/mol. The van der Waals surface area contributed by atoms with Crippen molar-refractivity contribution in [1.29, 1.82) is 0 Å². The Hall–Kier alpha value is -4.01. The van der Waals surface area contributed by atoms with Crippen molar-refractivity contribution in [2.45, 2.75) is 51.5 Å². The molecule has 0 spiro atoms. The molecule has 5 rings (SSSR count). The number of nitrogens with one attached hydrogen (secondary N) is 1. The molecule has 2 aromatic rings. The van der Waals surface area contributed by atoms with Gasteiger partial charge in [0.1, 0.15) is 6.04 Å². The Morgan fingerprint density at radius 2 is 1.57 bits per heavy atom. The van der Waals surface area contributed by atoms with Gasteiger partial charge in [-0.25, -0.2) is 9.59 Å². The highest BCUT2D eigenvalue weighted by molar-refractivity contribution is 6.08. The molecule has 40 heavy (non-hydrogen) atoms. The summed E-state index contributed by atoms with van der Waals surface area (Å²) < 4.78 is 10.5. The molecule has 0 aromatic heterocycles. The minimum absolute atomic E-state index is 0.114. The quantitative estimate of drug-likeness (QED) is 0.259. The zero-order chi connectivity index (χ0) is 28.2. The Morgan fingerprint density at radius 3 is 2.20 bits per heavy atom. The smallest absolute Gasteiger partial charge is 0.338 e. The van der Waals surface area contributed by atoms with Crippen LogP contribution in [0.15, 0.2) is 54.6 Å². The van der Waals surface area contributed by atoms with Gasteiger partial charge in [-0.15, -0.1) is 0 Å². The second-order valence-electron chi connectivity index (χ2n) is 10.9. The fourth-order valence-electron chi connectivity index (χ4n) is 6.37. The van der Waals surface area contributed by atoms with E-state index >= 15 is 0 Å². The van der Waals surface area contributed by atoms with E-state index in [2.05, 4.69) is 5.32 Å². The van der Waals surface area contributed by atoms with Gasteiger partial charge in [0.25, 0.3) is 5.91 Å². The molecule has 1 saturated heterocycles. The number of nitrogens with zero attached hydrogens (tertiary/aromatic N) is 1. The van der Waals surface area contributed by atoms with Gasteiger partial charge in [-0.2, -0.15) is 0 Å². The van der Waals surface area contributed by atoms with E-state index in [0.29, 0.717) is 17.9 Å². The molecule has 1 heterocycles. The molecule has 2 aromatic carbocycles. The molecule has 9 heteroatoms. The highest BCUT2D eigenvalue weighted by atomic mass is 16.5.